The van der Waals surface area contributed by atoms with E-state index in [9.17, 15) is 4.79 Å². The van der Waals surface area contributed by atoms with Gasteiger partial charge in [-0.1, -0.05) is 34.3 Å². The van der Waals surface area contributed by atoms with E-state index < -0.39 is 0 Å². The molecule has 0 aromatic carbocycles. The maximum Gasteiger partial charge on any atom is 0.133 e. The Morgan fingerprint density at radius 2 is 1.65 bits per heavy atom. The molecule has 0 bridgehead atoms. The van der Waals surface area contributed by atoms with Gasteiger partial charge in [0.2, 0.25) is 0 Å². The Kier molecular flexibility index (Phi) is 12.7. The highest BCUT2D eigenvalue weighted by atomic mass is 16.3. The van der Waals surface area contributed by atoms with E-state index in [1.165, 1.54) is 0 Å². The lowest BCUT2D eigenvalue weighted by Gasteiger charge is -2.33. The second kappa shape index (κ2) is 11.6. The molecule has 0 radical (unpaired) electrons. The summed E-state index contributed by atoms with van der Waals surface area (Å²) in [7, 11) is 0. The average Bonchev–Trinajstić information content (AvgIpc) is 2.42. The first-order chi connectivity index (χ1) is 8.15. The summed E-state index contributed by atoms with van der Waals surface area (Å²) in [5, 5.41) is 8.85. The Morgan fingerprint density at radius 3 is 1.94 bits per heavy atom. The Morgan fingerprint density at radius 1 is 1.24 bits per heavy atom. The highest BCUT2D eigenvalue weighted by Gasteiger charge is 2.22. The maximum atomic E-state index is 11.1. The third kappa shape index (κ3) is 7.16. The molecule has 3 nitrogen and oxygen atoms in total. The molecule has 1 heterocycles. The molecule has 0 aromatic heterocycles. The smallest absolute Gasteiger partial charge is 0.133 e. The fourth-order valence-electron chi connectivity index (χ4n) is 1.70. The van der Waals surface area contributed by atoms with Crippen LogP contribution < -0.4 is 0 Å². The summed E-state index contributed by atoms with van der Waals surface area (Å²) in [6.07, 6.45) is 1.79. The molecule has 1 saturated heterocycles. The van der Waals surface area contributed by atoms with Crippen LogP contribution in [0.2, 0.25) is 0 Å². The first-order valence-electron chi connectivity index (χ1n) is 6.69. The Bertz CT molecular complexity index is 206. The number of likely N-dealkylation sites (tertiary alicyclic amines) is 1. The van der Waals surface area contributed by atoms with Gasteiger partial charge in [-0.05, 0) is 19.8 Å². The molecule has 0 aliphatic carbocycles. The summed E-state index contributed by atoms with van der Waals surface area (Å²) in [6, 6.07) is 0. The van der Waals surface area contributed by atoms with Crippen LogP contribution in [-0.4, -0.2) is 35.5 Å². The summed E-state index contributed by atoms with van der Waals surface area (Å²) in [5.41, 5.74) is 0.766. The van der Waals surface area contributed by atoms with Gasteiger partial charge < -0.3 is 10.0 Å². The molecule has 3 heteroatoms. The second-order valence-corrected chi connectivity index (χ2v) is 3.60. The number of hydrogen-bond acceptors (Lipinski definition) is 3. The van der Waals surface area contributed by atoms with Crippen molar-refractivity contribution in [3.8, 4) is 0 Å². The van der Waals surface area contributed by atoms with E-state index >= 15 is 0 Å². The van der Waals surface area contributed by atoms with Crippen molar-refractivity contribution in [3.05, 3.63) is 12.3 Å². The Balaban J connectivity index is 0. The quantitative estimate of drug-likeness (QED) is 0.828. The lowest BCUT2D eigenvalue weighted by Crippen LogP contribution is -2.35. The minimum Gasteiger partial charge on any atom is -0.390 e. The first kappa shape index (κ1) is 18.5. The summed E-state index contributed by atoms with van der Waals surface area (Å²) >= 11 is 0. The van der Waals surface area contributed by atoms with Crippen molar-refractivity contribution in [2.24, 2.45) is 5.92 Å². The number of hydrogen-bond donors (Lipinski definition) is 1. The van der Waals surface area contributed by atoms with Gasteiger partial charge in [-0.2, -0.15) is 0 Å². The molecule has 1 rings (SSSR count). The number of piperidine rings is 1. The standard InChI is InChI=1S/C10H17NO2.2C2H6/c1-8(7-12)11-5-3-10(4-6-11)9(2)13;2*1-2/h10,12H,1,3-7H2,2H3;2*1-2H3. The first-order valence-corrected chi connectivity index (χ1v) is 6.69. The summed E-state index contributed by atoms with van der Waals surface area (Å²) < 4.78 is 0. The number of nitrogens with zero attached hydrogens (tertiary/aromatic N) is 1. The third-order valence-corrected chi connectivity index (χ3v) is 2.70. The van der Waals surface area contributed by atoms with Crippen molar-refractivity contribution in [2.45, 2.75) is 47.5 Å². The molecular formula is C14H29NO2. The van der Waals surface area contributed by atoms with Crippen LogP contribution in [-0.2, 0) is 4.79 Å². The molecule has 0 atom stereocenters. The third-order valence-electron chi connectivity index (χ3n) is 2.70. The van der Waals surface area contributed by atoms with Crippen molar-refractivity contribution in [3.63, 3.8) is 0 Å². The van der Waals surface area contributed by atoms with Crippen LogP contribution in [0, 0.1) is 5.92 Å². The highest BCUT2D eigenvalue weighted by molar-refractivity contribution is 5.78. The molecule has 0 aromatic rings. The topological polar surface area (TPSA) is 40.5 Å². The van der Waals surface area contributed by atoms with Crippen LogP contribution in [0.3, 0.4) is 0 Å². The number of rotatable bonds is 3. The van der Waals surface area contributed by atoms with E-state index in [0.717, 1.165) is 31.6 Å². The van der Waals surface area contributed by atoms with Gasteiger partial charge in [-0.15, -0.1) is 0 Å². The predicted molar refractivity (Wildman–Crippen MR) is 73.9 cm³/mol. The van der Waals surface area contributed by atoms with Crippen LogP contribution in [0.5, 0.6) is 0 Å². The minimum absolute atomic E-state index is 0.0186. The molecule has 102 valence electrons. The molecule has 0 amide bonds. The zero-order chi connectivity index (χ0) is 13.8. The summed E-state index contributed by atoms with van der Waals surface area (Å²) in [4.78, 5) is 13.1. The van der Waals surface area contributed by atoms with Crippen LogP contribution in [0.4, 0.5) is 0 Å². The molecule has 1 N–H and O–H groups in total. The minimum atomic E-state index is 0.0186. The van der Waals surface area contributed by atoms with Crippen LogP contribution in [0.25, 0.3) is 0 Å². The lowest BCUT2D eigenvalue weighted by atomic mass is 9.93. The molecule has 0 spiro atoms. The van der Waals surface area contributed by atoms with E-state index in [4.69, 9.17) is 5.11 Å². The monoisotopic (exact) mass is 243 g/mol. The van der Waals surface area contributed by atoms with Crippen molar-refractivity contribution in [2.75, 3.05) is 19.7 Å². The van der Waals surface area contributed by atoms with Crippen molar-refractivity contribution in [1.82, 2.24) is 4.90 Å². The van der Waals surface area contributed by atoms with Crippen molar-refractivity contribution in [1.29, 1.82) is 0 Å². The molecule has 0 unspecified atom stereocenters. The van der Waals surface area contributed by atoms with E-state index in [2.05, 4.69) is 11.5 Å². The van der Waals surface area contributed by atoms with Crippen LogP contribution in [0.15, 0.2) is 12.3 Å². The fourth-order valence-corrected chi connectivity index (χ4v) is 1.70. The van der Waals surface area contributed by atoms with E-state index in [0.29, 0.717) is 0 Å². The molecule has 17 heavy (non-hydrogen) atoms. The van der Waals surface area contributed by atoms with Gasteiger partial charge in [0.1, 0.15) is 5.78 Å². The largest absolute Gasteiger partial charge is 0.390 e. The van der Waals surface area contributed by atoms with E-state index in [-0.39, 0.29) is 18.3 Å². The molecule has 0 saturated carbocycles. The van der Waals surface area contributed by atoms with Crippen LogP contribution in [0.1, 0.15) is 47.5 Å². The number of Topliss-reactive ketones (excluding diaryl/α,β-unsaturated/α-hetero) is 1. The molecular weight excluding hydrogens is 214 g/mol. The Hall–Kier alpha value is -0.830. The van der Waals surface area contributed by atoms with Gasteiger partial charge in [0, 0.05) is 24.7 Å². The number of ketones is 1. The van der Waals surface area contributed by atoms with Gasteiger partial charge in [0.25, 0.3) is 0 Å². The summed E-state index contributed by atoms with van der Waals surface area (Å²) in [6.45, 7) is 15.1. The van der Waals surface area contributed by atoms with E-state index in [1.807, 2.05) is 27.7 Å². The van der Waals surface area contributed by atoms with Gasteiger partial charge in [0.15, 0.2) is 0 Å². The number of aliphatic hydroxyl groups is 1. The normalized spacial score (nSPS) is 15.1. The average molecular weight is 243 g/mol. The van der Waals surface area contributed by atoms with Gasteiger partial charge in [-0.3, -0.25) is 4.79 Å². The number of aliphatic hydroxyl groups excluding tert-OH is 1. The maximum absolute atomic E-state index is 11.1. The highest BCUT2D eigenvalue weighted by Crippen LogP contribution is 2.20. The van der Waals surface area contributed by atoms with Crippen LogP contribution >= 0.6 is 0 Å². The number of carbonyl (C=O) groups excluding carboxylic acids is 1. The lowest BCUT2D eigenvalue weighted by molar-refractivity contribution is -0.121. The van der Waals surface area contributed by atoms with Gasteiger partial charge in [0.05, 0.1) is 6.61 Å². The number of carbonyl (C=O) groups is 1. The van der Waals surface area contributed by atoms with Gasteiger partial charge in [-0.25, -0.2) is 0 Å². The van der Waals surface area contributed by atoms with E-state index in [1.54, 1.807) is 6.92 Å². The summed E-state index contributed by atoms with van der Waals surface area (Å²) in [5.74, 6) is 0.511. The SMILES string of the molecule is C=C(CO)N1CCC(C(C)=O)CC1.CC.CC. The van der Waals surface area contributed by atoms with Crippen molar-refractivity contribution < 1.29 is 9.90 Å². The fraction of sp³-hybridized carbons (Fsp3) is 0.786. The molecule has 1 aliphatic heterocycles. The molecule has 1 aliphatic rings. The van der Waals surface area contributed by atoms with Gasteiger partial charge >= 0.3 is 0 Å². The Labute approximate surface area is 107 Å². The zero-order valence-electron chi connectivity index (χ0n) is 12.1. The second-order valence-electron chi connectivity index (χ2n) is 3.60. The predicted octanol–water partition coefficient (Wildman–Crippen LogP) is 2.85. The molecule has 1 fully saturated rings. The van der Waals surface area contributed by atoms with Crippen molar-refractivity contribution >= 4 is 5.78 Å². The zero-order valence-corrected chi connectivity index (χ0v) is 12.1.